The second-order valence-corrected chi connectivity index (χ2v) is 10.2. The van der Waals surface area contributed by atoms with Crippen molar-refractivity contribution in [1.29, 1.82) is 0 Å². The molecular formula is C27H29NO11. The van der Waals surface area contributed by atoms with Gasteiger partial charge in [0, 0.05) is 42.0 Å². The minimum atomic E-state index is -2.24. The lowest BCUT2D eigenvalue weighted by molar-refractivity contribution is -0.247. The Bertz CT molecular complexity index is 1380. The number of rotatable bonds is 5. The number of ketones is 3. The number of phenols is 2. The Hall–Kier alpha value is -3.39. The lowest BCUT2D eigenvalue weighted by atomic mass is 9.72. The molecule has 0 radical (unpaired) electrons. The van der Waals surface area contributed by atoms with Gasteiger partial charge in [0.15, 0.2) is 17.9 Å². The van der Waals surface area contributed by atoms with Gasteiger partial charge in [-0.2, -0.15) is 0 Å². The number of fused-ring (bicyclic) bond motifs is 3. The van der Waals surface area contributed by atoms with Gasteiger partial charge in [-0.3, -0.25) is 14.4 Å². The molecule has 5 rings (SSSR count). The molecule has 12 heteroatoms. The Morgan fingerprint density at radius 2 is 1.85 bits per heavy atom. The van der Waals surface area contributed by atoms with Crippen LogP contribution in [0.5, 0.6) is 17.2 Å². The summed E-state index contributed by atoms with van der Waals surface area (Å²) < 4.78 is 17.0. The predicted octanol–water partition coefficient (Wildman–Crippen LogP) is 0.00130. The van der Waals surface area contributed by atoms with Gasteiger partial charge in [-0.1, -0.05) is 12.1 Å². The number of hydrogen-bond donors (Lipinski definition) is 6. The number of aliphatic hydroxyl groups excluding tert-OH is 2. The zero-order chi connectivity index (χ0) is 28.4. The number of phenolic OH excluding ortho intramolecular Hbond substituents is 2. The van der Waals surface area contributed by atoms with E-state index in [2.05, 4.69) is 0 Å². The maximum absolute atomic E-state index is 13.6. The first-order valence-corrected chi connectivity index (χ1v) is 12.4. The number of carbonyl (C=O) groups is 3. The molecule has 1 aliphatic heterocycles. The minimum Gasteiger partial charge on any atom is -0.507 e. The summed E-state index contributed by atoms with van der Waals surface area (Å²) in [6, 6.07) is 3.64. The van der Waals surface area contributed by atoms with Crippen LogP contribution in [-0.4, -0.2) is 86.7 Å². The van der Waals surface area contributed by atoms with Gasteiger partial charge < -0.3 is 45.5 Å². The quantitative estimate of drug-likeness (QED) is 0.235. The number of aliphatic hydroxyl groups is 3. The molecular weight excluding hydrogens is 514 g/mol. The van der Waals surface area contributed by atoms with Crippen LogP contribution in [0.2, 0.25) is 0 Å². The zero-order valence-electron chi connectivity index (χ0n) is 21.2. The fourth-order valence-electron chi connectivity index (χ4n) is 5.75. The van der Waals surface area contributed by atoms with Crippen LogP contribution >= 0.6 is 0 Å². The Morgan fingerprint density at radius 3 is 2.49 bits per heavy atom. The Kier molecular flexibility index (Phi) is 6.74. The standard InChI is InChI=1S/C27H29NO11/c1-10-22(31)13(28)6-17(38-10)39-15-8-27(36,16(30)9-29)7-12-19(15)26(35)21-20(24(12)33)23(32)11-4-3-5-14(37-2)18(11)25(21)34/h3-5,10,13,15,17,22,29,31,33,35-36H,6-9,28H2,1-2H3/t10-,13?,15-,17?,22?,27-/m0/s1. The van der Waals surface area contributed by atoms with E-state index in [4.69, 9.17) is 19.9 Å². The van der Waals surface area contributed by atoms with Crippen LogP contribution in [0.1, 0.15) is 68.8 Å². The molecule has 3 aliphatic rings. The maximum Gasteiger partial charge on any atom is 0.202 e. The van der Waals surface area contributed by atoms with Gasteiger partial charge in [0.05, 0.1) is 42.1 Å². The molecule has 0 saturated carbocycles. The van der Waals surface area contributed by atoms with Crippen molar-refractivity contribution in [2.45, 2.75) is 62.4 Å². The first-order valence-electron chi connectivity index (χ1n) is 12.4. The van der Waals surface area contributed by atoms with Crippen molar-refractivity contribution >= 4 is 17.3 Å². The molecule has 0 bridgehead atoms. The van der Waals surface area contributed by atoms with Crippen LogP contribution in [0.3, 0.4) is 0 Å². The minimum absolute atomic E-state index is 0.0173. The van der Waals surface area contributed by atoms with Gasteiger partial charge in [0.2, 0.25) is 5.78 Å². The summed E-state index contributed by atoms with van der Waals surface area (Å²) in [6.07, 6.45) is -5.12. The third kappa shape index (κ3) is 4.11. The Labute approximate surface area is 222 Å². The number of hydrogen-bond acceptors (Lipinski definition) is 12. The fourth-order valence-corrected chi connectivity index (χ4v) is 5.75. The second-order valence-electron chi connectivity index (χ2n) is 10.2. The summed E-state index contributed by atoms with van der Waals surface area (Å²) in [7, 11) is 1.32. The van der Waals surface area contributed by atoms with Crippen molar-refractivity contribution in [1.82, 2.24) is 0 Å². The van der Waals surface area contributed by atoms with Gasteiger partial charge >= 0.3 is 0 Å². The molecule has 0 amide bonds. The summed E-state index contributed by atoms with van der Waals surface area (Å²) in [5.41, 5.74) is 2.37. The molecule has 7 N–H and O–H groups in total. The molecule has 3 unspecified atom stereocenters. The molecule has 2 aromatic carbocycles. The normalized spacial score (nSPS) is 29.8. The van der Waals surface area contributed by atoms with Gasteiger partial charge in [-0.05, 0) is 13.0 Å². The summed E-state index contributed by atoms with van der Waals surface area (Å²) in [5.74, 6) is -3.77. The maximum atomic E-state index is 13.6. The molecule has 1 heterocycles. The first kappa shape index (κ1) is 27.2. The van der Waals surface area contributed by atoms with Crippen LogP contribution < -0.4 is 10.5 Å². The van der Waals surface area contributed by atoms with E-state index in [0.29, 0.717) is 0 Å². The highest BCUT2D eigenvalue weighted by Gasteiger charge is 2.50. The molecule has 12 nitrogen and oxygen atoms in total. The van der Waals surface area contributed by atoms with Crippen LogP contribution in [0.25, 0.3) is 0 Å². The van der Waals surface area contributed by atoms with E-state index in [1.807, 2.05) is 0 Å². The highest BCUT2D eigenvalue weighted by molar-refractivity contribution is 6.31. The molecule has 39 heavy (non-hydrogen) atoms. The van der Waals surface area contributed by atoms with E-state index >= 15 is 0 Å². The van der Waals surface area contributed by atoms with E-state index in [-0.39, 0.29) is 34.4 Å². The molecule has 208 valence electrons. The van der Waals surface area contributed by atoms with Gasteiger partial charge in [0.25, 0.3) is 0 Å². The predicted molar refractivity (Wildman–Crippen MR) is 132 cm³/mol. The second kappa shape index (κ2) is 9.66. The molecule has 0 spiro atoms. The van der Waals surface area contributed by atoms with Gasteiger partial charge in [-0.25, -0.2) is 0 Å². The van der Waals surface area contributed by atoms with Crippen molar-refractivity contribution in [3.8, 4) is 17.2 Å². The van der Waals surface area contributed by atoms with Gasteiger partial charge in [0.1, 0.15) is 29.5 Å². The summed E-state index contributed by atoms with van der Waals surface area (Å²) >= 11 is 0. The number of Topliss-reactive ketones (excluding diaryl/α,β-unsaturated/α-hetero) is 1. The molecule has 1 fully saturated rings. The number of aromatic hydroxyl groups is 2. The van der Waals surface area contributed by atoms with E-state index < -0.39 is 95.7 Å². The smallest absolute Gasteiger partial charge is 0.202 e. The van der Waals surface area contributed by atoms with Gasteiger partial charge in [-0.15, -0.1) is 0 Å². The lowest BCUT2D eigenvalue weighted by Gasteiger charge is -2.42. The van der Waals surface area contributed by atoms with E-state index in [1.54, 1.807) is 6.92 Å². The van der Waals surface area contributed by atoms with Crippen LogP contribution in [0.15, 0.2) is 18.2 Å². The van der Waals surface area contributed by atoms with Crippen molar-refractivity contribution in [2.24, 2.45) is 5.73 Å². The fraction of sp³-hybridized carbons (Fsp3) is 0.444. The van der Waals surface area contributed by atoms with Crippen LogP contribution in [0.4, 0.5) is 0 Å². The Balaban J connectivity index is 1.69. The van der Waals surface area contributed by atoms with Crippen LogP contribution in [0, 0.1) is 0 Å². The number of carbonyl (C=O) groups excluding carboxylic acids is 3. The first-order chi connectivity index (χ1) is 18.4. The van der Waals surface area contributed by atoms with E-state index in [9.17, 15) is 39.9 Å². The average Bonchev–Trinajstić information content (AvgIpc) is 2.90. The van der Waals surface area contributed by atoms with Crippen LogP contribution in [-0.2, 0) is 20.7 Å². The number of benzene rings is 2. The van der Waals surface area contributed by atoms with E-state index in [0.717, 1.165) is 0 Å². The van der Waals surface area contributed by atoms with Crippen molar-refractivity contribution in [3.05, 3.63) is 51.6 Å². The third-order valence-electron chi connectivity index (χ3n) is 7.81. The third-order valence-corrected chi connectivity index (χ3v) is 7.81. The SMILES string of the molecule is COc1cccc2c1C(=O)c1c(O)c3c(c(O)c1C2=O)C[C@@](O)(C(=O)CO)C[C@@H]3OC1CC(N)C(O)[C@H](C)O1. The molecule has 2 aliphatic carbocycles. The molecule has 2 aromatic rings. The Morgan fingerprint density at radius 1 is 1.15 bits per heavy atom. The van der Waals surface area contributed by atoms with Crippen molar-refractivity contribution < 1.29 is 54.1 Å². The van der Waals surface area contributed by atoms with Crippen molar-refractivity contribution in [2.75, 3.05) is 13.7 Å². The summed E-state index contributed by atoms with van der Waals surface area (Å²) in [4.78, 5) is 39.7. The zero-order valence-corrected chi connectivity index (χ0v) is 21.2. The monoisotopic (exact) mass is 543 g/mol. The highest BCUT2D eigenvalue weighted by Crippen LogP contribution is 2.52. The molecule has 6 atom stereocenters. The number of methoxy groups -OCH3 is 1. The lowest BCUT2D eigenvalue weighted by Crippen LogP contribution is -2.53. The summed E-state index contributed by atoms with van der Waals surface area (Å²) in [6.45, 7) is 0.560. The topological polar surface area (TPSA) is 206 Å². The van der Waals surface area contributed by atoms with Crippen molar-refractivity contribution in [3.63, 3.8) is 0 Å². The number of nitrogens with two attached hydrogens (primary N) is 1. The average molecular weight is 544 g/mol. The molecule has 1 saturated heterocycles. The summed E-state index contributed by atoms with van der Waals surface area (Å²) in [5, 5.41) is 53.7. The largest absolute Gasteiger partial charge is 0.507 e. The number of ether oxygens (including phenoxy) is 3. The van der Waals surface area contributed by atoms with E-state index in [1.165, 1.54) is 25.3 Å². The highest BCUT2D eigenvalue weighted by atomic mass is 16.7. The molecule has 0 aromatic heterocycles.